The van der Waals surface area contributed by atoms with Crippen LogP contribution in [-0.2, 0) is 0 Å². The highest BCUT2D eigenvalue weighted by molar-refractivity contribution is 5.67. The molecule has 0 aromatic heterocycles. The number of hydrogen-bond acceptors (Lipinski definition) is 2. The summed E-state index contributed by atoms with van der Waals surface area (Å²) in [5, 5.41) is 0. The number of rotatable bonds is 10. The second kappa shape index (κ2) is 10.8. The largest absolute Gasteiger partial charge is 0.490 e. The van der Waals surface area contributed by atoms with Crippen LogP contribution in [0.3, 0.4) is 0 Å². The van der Waals surface area contributed by atoms with Gasteiger partial charge in [-0.2, -0.15) is 8.78 Å². The minimum Gasteiger partial charge on any atom is -0.490 e. The van der Waals surface area contributed by atoms with Crippen molar-refractivity contribution in [2.45, 2.75) is 58.8 Å². The summed E-state index contributed by atoms with van der Waals surface area (Å²) >= 11 is 0. The molecule has 1 fully saturated rings. The van der Waals surface area contributed by atoms with Gasteiger partial charge in [-0.25, -0.2) is 8.78 Å². The van der Waals surface area contributed by atoms with Crippen LogP contribution >= 0.6 is 0 Å². The molecule has 3 unspecified atom stereocenters. The number of ether oxygens (including phenoxy) is 2. The second-order valence-electron chi connectivity index (χ2n) is 9.36. The first kappa shape index (κ1) is 24.6. The lowest BCUT2D eigenvalue weighted by Crippen LogP contribution is -2.19. The first-order chi connectivity index (χ1) is 16.5. The molecule has 2 aliphatic rings. The normalized spacial score (nSPS) is 21.5. The molecule has 1 saturated carbocycles. The molecule has 3 atom stereocenters. The Hall–Kier alpha value is -2.50. The highest BCUT2D eigenvalue weighted by atomic mass is 19.2. The fraction of sp³-hybridized carbons (Fsp3) is 0.500. The van der Waals surface area contributed by atoms with Crippen molar-refractivity contribution in [2.24, 2.45) is 17.8 Å². The summed E-state index contributed by atoms with van der Waals surface area (Å²) < 4.78 is 69.7. The molecular formula is C28H32F4O2. The minimum atomic E-state index is -1.27. The van der Waals surface area contributed by atoms with E-state index in [0.717, 1.165) is 38.5 Å². The zero-order valence-corrected chi connectivity index (χ0v) is 19.8. The lowest BCUT2D eigenvalue weighted by atomic mass is 9.88. The van der Waals surface area contributed by atoms with Gasteiger partial charge < -0.3 is 9.47 Å². The first-order valence-corrected chi connectivity index (χ1v) is 12.4. The summed E-state index contributed by atoms with van der Waals surface area (Å²) in [6.07, 6.45) is 9.29. The summed E-state index contributed by atoms with van der Waals surface area (Å²) in [5.74, 6) is -3.98. The molecule has 0 amide bonds. The molecule has 2 aromatic rings. The van der Waals surface area contributed by atoms with Gasteiger partial charge in [0, 0.05) is 11.1 Å². The van der Waals surface area contributed by atoms with Crippen molar-refractivity contribution in [3.63, 3.8) is 0 Å². The van der Waals surface area contributed by atoms with Crippen LogP contribution in [0.25, 0.3) is 11.1 Å². The summed E-state index contributed by atoms with van der Waals surface area (Å²) in [5.41, 5.74) is 0.821. The monoisotopic (exact) mass is 476 g/mol. The van der Waals surface area contributed by atoms with E-state index in [1.54, 1.807) is 0 Å². The predicted octanol–water partition coefficient (Wildman–Crippen LogP) is 8.24. The number of allylic oxidation sites excluding steroid dienone is 2. The number of halogens is 4. The molecule has 0 N–H and O–H groups in total. The van der Waals surface area contributed by atoms with Gasteiger partial charge in [0.2, 0.25) is 11.6 Å². The van der Waals surface area contributed by atoms with Crippen molar-refractivity contribution in [3.8, 4) is 22.6 Å². The second-order valence-corrected chi connectivity index (χ2v) is 9.36. The maximum absolute atomic E-state index is 14.9. The van der Waals surface area contributed by atoms with E-state index in [1.807, 2.05) is 6.92 Å². The summed E-state index contributed by atoms with van der Waals surface area (Å²) in [6, 6.07) is 4.97. The van der Waals surface area contributed by atoms with Crippen molar-refractivity contribution < 1.29 is 27.0 Å². The number of fused-ring (bicyclic) bond motifs is 1. The number of benzene rings is 2. The Bertz CT molecular complexity index is 1050. The van der Waals surface area contributed by atoms with Gasteiger partial charge in [-0.05, 0) is 74.1 Å². The van der Waals surface area contributed by atoms with E-state index in [9.17, 15) is 17.6 Å². The number of hydrogen-bond donors (Lipinski definition) is 0. The standard InChI is InChI=1S/C28H32F4O2/c1-3-5-15-33-23-13-11-21(25(29)27(23)31)22-12-14-24(28(32)26(22)30)34-16-18-8-10-19-17(6-4-2)7-9-20(18)19/h7,11-14,18-20H,3-6,8-10,15-16H2,1-2H3. The van der Waals surface area contributed by atoms with E-state index in [4.69, 9.17) is 9.47 Å². The molecule has 0 spiro atoms. The zero-order chi connectivity index (χ0) is 24.2. The molecular weight excluding hydrogens is 444 g/mol. The van der Waals surface area contributed by atoms with Gasteiger partial charge in [0.05, 0.1) is 13.2 Å². The molecule has 0 bridgehead atoms. The molecule has 0 aliphatic heterocycles. The average Bonchev–Trinajstić information content (AvgIpc) is 3.42. The van der Waals surface area contributed by atoms with Crippen molar-refractivity contribution in [1.29, 1.82) is 0 Å². The molecule has 184 valence electrons. The highest BCUT2D eigenvalue weighted by Gasteiger charge is 2.40. The molecule has 2 nitrogen and oxygen atoms in total. The topological polar surface area (TPSA) is 18.5 Å². The first-order valence-electron chi connectivity index (χ1n) is 12.4. The van der Waals surface area contributed by atoms with Crippen LogP contribution in [0.15, 0.2) is 35.9 Å². The molecule has 2 aliphatic carbocycles. The van der Waals surface area contributed by atoms with Crippen molar-refractivity contribution in [3.05, 3.63) is 59.2 Å². The number of unbranched alkanes of at least 4 members (excludes halogenated alkanes) is 1. The van der Waals surface area contributed by atoms with Crippen LogP contribution < -0.4 is 9.47 Å². The van der Waals surface area contributed by atoms with Crippen molar-refractivity contribution in [2.75, 3.05) is 13.2 Å². The Morgan fingerprint density at radius 2 is 1.44 bits per heavy atom. The summed E-state index contributed by atoms with van der Waals surface area (Å²) in [6.45, 7) is 4.70. The minimum absolute atomic E-state index is 0.204. The Kier molecular flexibility index (Phi) is 7.84. The van der Waals surface area contributed by atoms with Crippen LogP contribution in [0.1, 0.15) is 58.8 Å². The van der Waals surface area contributed by atoms with E-state index in [0.29, 0.717) is 30.8 Å². The molecule has 0 radical (unpaired) electrons. The SMILES string of the molecule is CCCCOc1ccc(-c2ccc(OCC3CCC4C(CCC)=CCC34)c(F)c2F)c(F)c1F. The van der Waals surface area contributed by atoms with Crippen LogP contribution in [-0.4, -0.2) is 13.2 Å². The molecule has 2 aromatic carbocycles. The summed E-state index contributed by atoms with van der Waals surface area (Å²) in [7, 11) is 0. The van der Waals surface area contributed by atoms with E-state index in [2.05, 4.69) is 13.0 Å². The smallest absolute Gasteiger partial charge is 0.201 e. The average molecular weight is 477 g/mol. The lowest BCUT2D eigenvalue weighted by molar-refractivity contribution is 0.200. The van der Waals surface area contributed by atoms with Gasteiger partial charge in [0.1, 0.15) is 0 Å². The van der Waals surface area contributed by atoms with E-state index >= 15 is 0 Å². The van der Waals surface area contributed by atoms with Crippen LogP contribution in [0.5, 0.6) is 11.5 Å². The van der Waals surface area contributed by atoms with Gasteiger partial charge in [0.25, 0.3) is 0 Å². The van der Waals surface area contributed by atoms with Gasteiger partial charge in [-0.3, -0.25) is 0 Å². The van der Waals surface area contributed by atoms with Gasteiger partial charge in [-0.1, -0.05) is 38.3 Å². The molecule has 6 heteroatoms. The van der Waals surface area contributed by atoms with Crippen molar-refractivity contribution >= 4 is 0 Å². The van der Waals surface area contributed by atoms with Crippen LogP contribution in [0, 0.1) is 41.0 Å². The Morgan fingerprint density at radius 1 is 0.794 bits per heavy atom. The maximum atomic E-state index is 14.9. The highest BCUT2D eigenvalue weighted by Crippen LogP contribution is 2.49. The molecule has 0 saturated heterocycles. The Balaban J connectivity index is 1.45. The maximum Gasteiger partial charge on any atom is 0.201 e. The quantitative estimate of drug-likeness (QED) is 0.195. The fourth-order valence-corrected chi connectivity index (χ4v) is 5.42. The summed E-state index contributed by atoms with van der Waals surface area (Å²) in [4.78, 5) is 0. The van der Waals surface area contributed by atoms with Crippen LogP contribution in [0.4, 0.5) is 17.6 Å². The van der Waals surface area contributed by atoms with Crippen molar-refractivity contribution in [1.82, 2.24) is 0 Å². The lowest BCUT2D eigenvalue weighted by Gasteiger charge is -2.21. The molecule has 34 heavy (non-hydrogen) atoms. The van der Waals surface area contributed by atoms with E-state index < -0.39 is 23.3 Å². The third-order valence-corrected chi connectivity index (χ3v) is 7.23. The zero-order valence-electron chi connectivity index (χ0n) is 19.8. The van der Waals surface area contributed by atoms with Gasteiger partial charge >= 0.3 is 0 Å². The fourth-order valence-electron chi connectivity index (χ4n) is 5.42. The van der Waals surface area contributed by atoms with Gasteiger partial charge in [0.15, 0.2) is 23.1 Å². The molecule has 0 heterocycles. The van der Waals surface area contributed by atoms with E-state index in [1.165, 1.54) is 29.8 Å². The third kappa shape index (κ3) is 4.82. The van der Waals surface area contributed by atoms with E-state index in [-0.39, 0.29) is 29.2 Å². The molecule has 4 rings (SSSR count). The third-order valence-electron chi connectivity index (χ3n) is 7.23. The van der Waals surface area contributed by atoms with Gasteiger partial charge in [-0.15, -0.1) is 0 Å². The predicted molar refractivity (Wildman–Crippen MR) is 125 cm³/mol. The van der Waals surface area contributed by atoms with Crippen LogP contribution in [0.2, 0.25) is 0 Å². The Morgan fingerprint density at radius 3 is 2.06 bits per heavy atom. The Labute approximate surface area is 199 Å².